The number of hydrogen-bond donors (Lipinski definition) is 2. The molecule has 1 aromatic heterocycles. The number of aromatic nitrogens is 3. The van der Waals surface area contributed by atoms with Crippen LogP contribution in [-0.2, 0) is 11.3 Å². The Bertz CT molecular complexity index is 487. The summed E-state index contributed by atoms with van der Waals surface area (Å²) in [6, 6.07) is 0. The van der Waals surface area contributed by atoms with Gasteiger partial charge in [0.05, 0.1) is 19.3 Å². The molecule has 0 bridgehead atoms. The Hall–Kier alpha value is -2.00. The lowest BCUT2D eigenvalue weighted by atomic mass is 10.4. The smallest absolute Gasteiger partial charge is 0.287 e. The fraction of sp³-hybridized carbons (Fsp3) is 0.636. The summed E-state index contributed by atoms with van der Waals surface area (Å²) in [7, 11) is 1.82. The van der Waals surface area contributed by atoms with Crippen molar-refractivity contribution in [1.29, 1.82) is 0 Å². The molecule has 0 radical (unpaired) electrons. The predicted molar refractivity (Wildman–Crippen MR) is 70.4 cm³/mol. The van der Waals surface area contributed by atoms with Crippen molar-refractivity contribution in [2.24, 2.45) is 5.84 Å². The maximum Gasteiger partial charge on any atom is 0.287 e. The lowest BCUT2D eigenvalue weighted by molar-refractivity contribution is -0.129. The summed E-state index contributed by atoms with van der Waals surface area (Å²) < 4.78 is 1.57. The van der Waals surface area contributed by atoms with Crippen LogP contribution in [0, 0.1) is 0 Å². The maximum absolute atomic E-state index is 11.8. The van der Waals surface area contributed by atoms with Gasteiger partial charge in [-0.2, -0.15) is 0 Å². The summed E-state index contributed by atoms with van der Waals surface area (Å²) >= 11 is 0. The first-order chi connectivity index (χ1) is 9.60. The Balaban J connectivity index is 1.87. The summed E-state index contributed by atoms with van der Waals surface area (Å²) in [5.41, 5.74) is 2.18. The van der Waals surface area contributed by atoms with Crippen LogP contribution in [0.5, 0.6) is 0 Å². The van der Waals surface area contributed by atoms with E-state index >= 15 is 0 Å². The molecule has 20 heavy (non-hydrogen) atoms. The number of carbonyl (C=O) groups is 2. The lowest BCUT2D eigenvalue weighted by Crippen LogP contribution is -2.36. The van der Waals surface area contributed by atoms with Crippen LogP contribution in [0.25, 0.3) is 0 Å². The number of rotatable bonds is 4. The highest BCUT2D eigenvalue weighted by molar-refractivity contribution is 5.91. The summed E-state index contributed by atoms with van der Waals surface area (Å²) in [4.78, 5) is 26.8. The zero-order chi connectivity index (χ0) is 14.5. The fourth-order valence-electron chi connectivity index (χ4n) is 2.07. The lowest BCUT2D eigenvalue weighted by Gasteiger charge is -2.18. The van der Waals surface area contributed by atoms with Crippen molar-refractivity contribution in [1.82, 2.24) is 30.2 Å². The molecule has 1 aliphatic rings. The molecule has 1 aliphatic heterocycles. The van der Waals surface area contributed by atoms with Crippen LogP contribution in [-0.4, -0.2) is 69.8 Å². The minimum atomic E-state index is -0.470. The van der Waals surface area contributed by atoms with Gasteiger partial charge < -0.3 is 4.90 Å². The van der Waals surface area contributed by atoms with Gasteiger partial charge in [-0.3, -0.25) is 24.6 Å². The van der Waals surface area contributed by atoms with Crippen molar-refractivity contribution >= 4 is 11.8 Å². The van der Waals surface area contributed by atoms with Crippen LogP contribution in [0.15, 0.2) is 6.20 Å². The summed E-state index contributed by atoms with van der Waals surface area (Å²) in [6.07, 6.45) is 2.49. The van der Waals surface area contributed by atoms with Gasteiger partial charge in [0.15, 0.2) is 5.69 Å². The first-order valence-electron chi connectivity index (χ1n) is 6.47. The molecule has 9 nitrogen and oxygen atoms in total. The second kappa shape index (κ2) is 6.44. The third-order valence-corrected chi connectivity index (χ3v) is 3.30. The van der Waals surface area contributed by atoms with E-state index in [4.69, 9.17) is 5.84 Å². The average molecular weight is 281 g/mol. The molecule has 0 spiro atoms. The minimum Gasteiger partial charge on any atom is -0.345 e. The first kappa shape index (κ1) is 14.4. The molecule has 1 saturated heterocycles. The topological polar surface area (TPSA) is 109 Å². The number of nitrogens with two attached hydrogens (primary N) is 1. The van der Waals surface area contributed by atoms with E-state index in [1.165, 1.54) is 6.20 Å². The van der Waals surface area contributed by atoms with Gasteiger partial charge in [-0.15, -0.1) is 5.10 Å². The van der Waals surface area contributed by atoms with Crippen LogP contribution in [0.1, 0.15) is 16.9 Å². The third kappa shape index (κ3) is 3.52. The number of likely N-dealkylation sites (N-methyl/N-ethyl adjacent to an activating group) is 1. The highest BCUT2D eigenvalue weighted by Crippen LogP contribution is 2.03. The van der Waals surface area contributed by atoms with Crippen molar-refractivity contribution < 1.29 is 9.59 Å². The molecule has 0 atom stereocenters. The molecule has 0 aliphatic carbocycles. The number of hydrogen-bond acceptors (Lipinski definition) is 6. The molecule has 2 amide bonds. The van der Waals surface area contributed by atoms with Crippen LogP contribution in [0.3, 0.4) is 0 Å². The van der Waals surface area contributed by atoms with Gasteiger partial charge >= 0.3 is 0 Å². The first-order valence-corrected chi connectivity index (χ1v) is 6.47. The number of hydrazine groups is 1. The Morgan fingerprint density at radius 2 is 2.25 bits per heavy atom. The predicted octanol–water partition coefficient (Wildman–Crippen LogP) is -1.95. The van der Waals surface area contributed by atoms with Crippen LogP contribution in [0.2, 0.25) is 0 Å². The molecule has 0 saturated carbocycles. The number of nitrogens with zero attached hydrogens (tertiary/aromatic N) is 5. The van der Waals surface area contributed by atoms with Crippen LogP contribution >= 0.6 is 0 Å². The van der Waals surface area contributed by atoms with E-state index in [0.717, 1.165) is 19.5 Å². The van der Waals surface area contributed by atoms with Gasteiger partial charge in [0.2, 0.25) is 5.91 Å². The van der Waals surface area contributed by atoms with Gasteiger partial charge in [0, 0.05) is 26.7 Å². The van der Waals surface area contributed by atoms with Gasteiger partial charge in [-0.25, -0.2) is 5.84 Å². The van der Waals surface area contributed by atoms with E-state index < -0.39 is 5.91 Å². The zero-order valence-corrected chi connectivity index (χ0v) is 11.4. The van der Waals surface area contributed by atoms with E-state index in [2.05, 4.69) is 15.2 Å². The van der Waals surface area contributed by atoms with E-state index in [-0.39, 0.29) is 11.6 Å². The Labute approximate surface area is 116 Å². The fourth-order valence-corrected chi connectivity index (χ4v) is 2.07. The van der Waals surface area contributed by atoms with Crippen molar-refractivity contribution in [2.75, 3.05) is 33.2 Å². The summed E-state index contributed by atoms with van der Waals surface area (Å²) in [6.45, 7) is 3.34. The molecule has 0 unspecified atom stereocenters. The number of nitrogens with one attached hydrogen (secondary N) is 1. The Morgan fingerprint density at radius 1 is 1.45 bits per heavy atom. The molecular formula is C11H19N7O2. The van der Waals surface area contributed by atoms with Crippen molar-refractivity contribution in [2.45, 2.75) is 13.0 Å². The number of carbonyl (C=O) groups excluding carboxylic acids is 2. The van der Waals surface area contributed by atoms with Crippen molar-refractivity contribution in [3.63, 3.8) is 0 Å². The monoisotopic (exact) mass is 281 g/mol. The van der Waals surface area contributed by atoms with Gasteiger partial charge in [0.25, 0.3) is 5.91 Å². The molecule has 110 valence electrons. The van der Waals surface area contributed by atoms with E-state index in [1.807, 2.05) is 12.5 Å². The number of amides is 2. The third-order valence-electron chi connectivity index (χ3n) is 3.30. The van der Waals surface area contributed by atoms with E-state index in [1.54, 1.807) is 9.58 Å². The summed E-state index contributed by atoms with van der Waals surface area (Å²) in [5, 5.41) is 7.58. The van der Waals surface area contributed by atoms with E-state index in [9.17, 15) is 9.59 Å². The van der Waals surface area contributed by atoms with Gasteiger partial charge in [-0.1, -0.05) is 5.21 Å². The molecule has 2 heterocycles. The molecule has 3 N–H and O–H groups in total. The second-order valence-corrected chi connectivity index (χ2v) is 4.79. The van der Waals surface area contributed by atoms with Crippen LogP contribution in [0.4, 0.5) is 0 Å². The van der Waals surface area contributed by atoms with Crippen molar-refractivity contribution in [3.05, 3.63) is 11.9 Å². The standard InChI is InChI=1S/C11H19N7O2/c1-16-3-2-4-17(8-10(16)19)5-6-18-7-9(14-15-18)11(20)13-12/h7H,2-6,8,12H2,1H3,(H,13,20). The molecule has 1 fully saturated rings. The second-order valence-electron chi connectivity index (χ2n) is 4.79. The molecular weight excluding hydrogens is 262 g/mol. The minimum absolute atomic E-state index is 0.129. The van der Waals surface area contributed by atoms with Gasteiger partial charge in [-0.05, 0) is 6.42 Å². The highest BCUT2D eigenvalue weighted by Gasteiger charge is 2.18. The SMILES string of the molecule is CN1CCCN(CCn2cc(C(=O)NN)nn2)CC1=O. The number of nitrogen functional groups attached to an aromatic ring is 1. The Morgan fingerprint density at radius 3 is 3.00 bits per heavy atom. The molecule has 9 heteroatoms. The Kier molecular flexibility index (Phi) is 4.64. The quantitative estimate of drug-likeness (QED) is 0.377. The van der Waals surface area contributed by atoms with Crippen molar-refractivity contribution in [3.8, 4) is 0 Å². The molecule has 2 rings (SSSR count). The van der Waals surface area contributed by atoms with Gasteiger partial charge in [0.1, 0.15) is 0 Å². The molecule has 0 aromatic carbocycles. The van der Waals surface area contributed by atoms with Crippen LogP contribution < -0.4 is 11.3 Å². The normalized spacial score (nSPS) is 17.1. The largest absolute Gasteiger partial charge is 0.345 e. The van der Waals surface area contributed by atoms with E-state index in [0.29, 0.717) is 19.6 Å². The highest BCUT2D eigenvalue weighted by atomic mass is 16.2. The maximum atomic E-state index is 11.8. The zero-order valence-electron chi connectivity index (χ0n) is 11.4. The summed E-state index contributed by atoms with van der Waals surface area (Å²) in [5.74, 6) is 4.68. The average Bonchev–Trinajstić information content (AvgIpc) is 2.85. The molecule has 1 aromatic rings.